The summed E-state index contributed by atoms with van der Waals surface area (Å²) in [7, 11) is 0. The largest absolute Gasteiger partial charge is 0.478 e. The maximum absolute atomic E-state index is 13.6. The normalized spacial score (nSPS) is 15.3. The van der Waals surface area contributed by atoms with Gasteiger partial charge in [0, 0.05) is 13.1 Å². The van der Waals surface area contributed by atoms with Gasteiger partial charge in [0.15, 0.2) is 0 Å². The van der Waals surface area contributed by atoms with Crippen molar-refractivity contribution in [3.63, 3.8) is 0 Å². The molecule has 0 spiro atoms. The predicted octanol–water partition coefficient (Wildman–Crippen LogP) is 0.758. The molecule has 0 radical (unpaired) electrons. The standard InChI is InChI=1S/C12H12FN3O5/c13-8-5-10(16(20)21)9(4-7(8)12(18)19)15-3-1-2-14-11(17)6-15/h4-5H,1-3,6H2,(H,14,17)(H,18,19). The second-order valence-electron chi connectivity index (χ2n) is 4.51. The molecule has 1 fully saturated rings. The van der Waals surface area contributed by atoms with Crippen molar-refractivity contribution in [1.29, 1.82) is 0 Å². The number of nitrogens with zero attached hydrogens (tertiary/aromatic N) is 2. The number of hydrogen-bond donors (Lipinski definition) is 2. The average molecular weight is 297 g/mol. The smallest absolute Gasteiger partial charge is 0.338 e. The minimum atomic E-state index is -1.53. The number of anilines is 1. The van der Waals surface area contributed by atoms with Crippen LogP contribution in [0.15, 0.2) is 12.1 Å². The first-order chi connectivity index (χ1) is 9.90. The highest BCUT2D eigenvalue weighted by molar-refractivity contribution is 5.91. The molecule has 1 aliphatic rings. The van der Waals surface area contributed by atoms with E-state index >= 15 is 0 Å². The Bertz CT molecular complexity index is 619. The monoisotopic (exact) mass is 297 g/mol. The van der Waals surface area contributed by atoms with Crippen LogP contribution in [0.4, 0.5) is 15.8 Å². The number of nitro groups is 1. The Kier molecular flexibility index (Phi) is 4.01. The van der Waals surface area contributed by atoms with E-state index in [1.54, 1.807) is 0 Å². The van der Waals surface area contributed by atoms with E-state index in [0.29, 0.717) is 25.6 Å². The Hall–Kier alpha value is -2.71. The van der Waals surface area contributed by atoms with Gasteiger partial charge in [-0.15, -0.1) is 0 Å². The van der Waals surface area contributed by atoms with Gasteiger partial charge in [-0.25, -0.2) is 9.18 Å². The number of rotatable bonds is 3. The fraction of sp³-hybridized carbons (Fsp3) is 0.333. The lowest BCUT2D eigenvalue weighted by Gasteiger charge is -2.21. The van der Waals surface area contributed by atoms with E-state index in [2.05, 4.69) is 5.32 Å². The molecule has 1 amide bonds. The van der Waals surface area contributed by atoms with Gasteiger partial charge in [0.25, 0.3) is 5.69 Å². The SMILES string of the molecule is O=C1CN(c2cc(C(=O)O)c(F)cc2[N+](=O)[O-])CCCN1. The van der Waals surface area contributed by atoms with Crippen LogP contribution in [0.1, 0.15) is 16.8 Å². The third-order valence-electron chi connectivity index (χ3n) is 3.09. The number of amides is 1. The van der Waals surface area contributed by atoms with Crippen LogP contribution in [0, 0.1) is 15.9 Å². The minimum Gasteiger partial charge on any atom is -0.478 e. The fourth-order valence-corrected chi connectivity index (χ4v) is 2.13. The molecular formula is C12H12FN3O5. The van der Waals surface area contributed by atoms with Crippen LogP contribution < -0.4 is 10.2 Å². The Balaban J connectivity index is 2.53. The lowest BCUT2D eigenvalue weighted by atomic mass is 10.1. The van der Waals surface area contributed by atoms with Gasteiger partial charge in [-0.05, 0) is 12.5 Å². The fourth-order valence-electron chi connectivity index (χ4n) is 2.13. The van der Waals surface area contributed by atoms with Crippen molar-refractivity contribution in [2.75, 3.05) is 24.5 Å². The van der Waals surface area contributed by atoms with E-state index < -0.39 is 28.0 Å². The van der Waals surface area contributed by atoms with Gasteiger partial charge in [0.05, 0.1) is 23.1 Å². The summed E-state index contributed by atoms with van der Waals surface area (Å²) in [5.74, 6) is -3.04. The second kappa shape index (κ2) is 5.73. The molecular weight excluding hydrogens is 285 g/mol. The van der Waals surface area contributed by atoms with Crippen molar-refractivity contribution < 1.29 is 24.0 Å². The van der Waals surface area contributed by atoms with Gasteiger partial charge >= 0.3 is 5.97 Å². The van der Waals surface area contributed by atoms with Gasteiger partial charge in [0.1, 0.15) is 11.5 Å². The molecule has 2 rings (SSSR count). The zero-order valence-corrected chi connectivity index (χ0v) is 10.8. The number of halogens is 1. The summed E-state index contributed by atoms with van der Waals surface area (Å²) in [4.78, 5) is 34.1. The van der Waals surface area contributed by atoms with Crippen LogP contribution in [0.3, 0.4) is 0 Å². The number of nitro benzene ring substituents is 1. The third-order valence-corrected chi connectivity index (χ3v) is 3.09. The van der Waals surface area contributed by atoms with Gasteiger partial charge in [-0.2, -0.15) is 0 Å². The second-order valence-corrected chi connectivity index (χ2v) is 4.51. The Labute approximate surface area is 118 Å². The molecule has 9 heteroatoms. The van der Waals surface area contributed by atoms with Crippen LogP contribution in [-0.4, -0.2) is 41.5 Å². The lowest BCUT2D eigenvalue weighted by molar-refractivity contribution is -0.384. The van der Waals surface area contributed by atoms with Crippen molar-refractivity contribution in [1.82, 2.24) is 5.32 Å². The first kappa shape index (κ1) is 14.7. The number of carbonyl (C=O) groups is 2. The number of hydrogen-bond acceptors (Lipinski definition) is 5. The van der Waals surface area contributed by atoms with Crippen LogP contribution >= 0.6 is 0 Å². The first-order valence-corrected chi connectivity index (χ1v) is 6.13. The van der Waals surface area contributed by atoms with Gasteiger partial charge in [-0.1, -0.05) is 0 Å². The van der Waals surface area contributed by atoms with Crippen molar-refractivity contribution in [2.24, 2.45) is 0 Å². The van der Waals surface area contributed by atoms with E-state index in [1.807, 2.05) is 0 Å². The van der Waals surface area contributed by atoms with E-state index in [1.165, 1.54) is 4.90 Å². The highest BCUT2D eigenvalue weighted by Gasteiger charge is 2.27. The summed E-state index contributed by atoms with van der Waals surface area (Å²) in [6, 6.07) is 1.47. The molecule has 1 heterocycles. The van der Waals surface area contributed by atoms with Crippen LogP contribution in [-0.2, 0) is 4.79 Å². The molecule has 0 unspecified atom stereocenters. The van der Waals surface area contributed by atoms with E-state index in [9.17, 15) is 24.1 Å². The van der Waals surface area contributed by atoms with Crippen molar-refractivity contribution in [3.05, 3.63) is 33.6 Å². The molecule has 0 aromatic heterocycles. The molecule has 1 saturated heterocycles. The van der Waals surface area contributed by atoms with Crippen LogP contribution in [0.2, 0.25) is 0 Å². The maximum Gasteiger partial charge on any atom is 0.338 e. The summed E-state index contributed by atoms with van der Waals surface area (Å²) in [5, 5.41) is 22.5. The summed E-state index contributed by atoms with van der Waals surface area (Å²) in [5.41, 5.74) is -1.30. The summed E-state index contributed by atoms with van der Waals surface area (Å²) >= 11 is 0. The van der Waals surface area contributed by atoms with Crippen LogP contribution in [0.25, 0.3) is 0 Å². The molecule has 0 saturated carbocycles. The summed E-state index contributed by atoms with van der Waals surface area (Å²) in [6.45, 7) is 0.603. The first-order valence-electron chi connectivity index (χ1n) is 6.13. The van der Waals surface area contributed by atoms with E-state index in [4.69, 9.17) is 5.11 Å². The number of nitrogens with one attached hydrogen (secondary N) is 1. The topological polar surface area (TPSA) is 113 Å². The number of benzene rings is 1. The molecule has 112 valence electrons. The van der Waals surface area contributed by atoms with Crippen molar-refractivity contribution in [2.45, 2.75) is 6.42 Å². The molecule has 8 nitrogen and oxygen atoms in total. The molecule has 2 N–H and O–H groups in total. The van der Waals surface area contributed by atoms with Crippen molar-refractivity contribution >= 4 is 23.3 Å². The Morgan fingerprint density at radius 2 is 2.19 bits per heavy atom. The quantitative estimate of drug-likeness (QED) is 0.629. The summed E-state index contributed by atoms with van der Waals surface area (Å²) in [6.07, 6.45) is 0.544. The third kappa shape index (κ3) is 3.07. The van der Waals surface area contributed by atoms with Crippen molar-refractivity contribution in [3.8, 4) is 0 Å². The van der Waals surface area contributed by atoms with Crippen LogP contribution in [0.5, 0.6) is 0 Å². The Morgan fingerprint density at radius 1 is 1.48 bits per heavy atom. The van der Waals surface area contributed by atoms with Gasteiger partial charge in [0.2, 0.25) is 5.91 Å². The molecule has 0 bridgehead atoms. The molecule has 21 heavy (non-hydrogen) atoms. The van der Waals surface area contributed by atoms with Gasteiger partial charge in [-0.3, -0.25) is 14.9 Å². The number of carbonyl (C=O) groups excluding carboxylic acids is 1. The number of carboxylic acid groups (broad SMARTS) is 1. The Morgan fingerprint density at radius 3 is 2.81 bits per heavy atom. The highest BCUT2D eigenvalue weighted by atomic mass is 19.1. The van der Waals surface area contributed by atoms with E-state index in [0.717, 1.165) is 6.07 Å². The molecule has 1 aliphatic heterocycles. The summed E-state index contributed by atoms with van der Waals surface area (Å²) < 4.78 is 13.6. The highest BCUT2D eigenvalue weighted by Crippen LogP contribution is 2.31. The molecule has 1 aromatic rings. The number of aromatic carboxylic acids is 1. The predicted molar refractivity (Wildman–Crippen MR) is 69.9 cm³/mol. The zero-order valence-electron chi connectivity index (χ0n) is 10.8. The minimum absolute atomic E-state index is 0.0733. The maximum atomic E-state index is 13.6. The van der Waals surface area contributed by atoms with Gasteiger partial charge < -0.3 is 15.3 Å². The molecule has 1 aromatic carbocycles. The lowest BCUT2D eigenvalue weighted by Crippen LogP contribution is -2.33. The zero-order chi connectivity index (χ0) is 15.6. The average Bonchev–Trinajstić information content (AvgIpc) is 2.62. The molecule has 0 atom stereocenters. The van der Waals surface area contributed by atoms with E-state index in [-0.39, 0.29) is 18.1 Å². The molecule has 0 aliphatic carbocycles. The number of carboxylic acids is 1.